The highest BCUT2D eigenvalue weighted by molar-refractivity contribution is 6.44. The lowest BCUT2D eigenvalue weighted by Gasteiger charge is -2.08. The zero-order chi connectivity index (χ0) is 13.3. The van der Waals surface area contributed by atoms with Gasteiger partial charge in [0.1, 0.15) is 0 Å². The molecule has 0 aliphatic rings. The minimum absolute atomic E-state index is 0.373. The first-order valence-electron chi connectivity index (χ1n) is 4.87. The van der Waals surface area contributed by atoms with Crippen LogP contribution in [0.5, 0.6) is 0 Å². The molecule has 18 heavy (non-hydrogen) atoms. The van der Waals surface area contributed by atoms with Crippen molar-refractivity contribution in [2.45, 2.75) is 0 Å². The average molecular weight is 317 g/mol. The molecule has 0 heterocycles. The summed E-state index contributed by atoms with van der Waals surface area (Å²) in [5, 5.41) is 10.8. The van der Waals surface area contributed by atoms with Crippen LogP contribution in [0.4, 0.5) is 0 Å². The van der Waals surface area contributed by atoms with E-state index in [-0.39, 0.29) is 0 Å². The largest absolute Gasteiger partial charge is 0.192 e. The standard InChI is InChI=1S/C13H5Cl4N/c14-8-1-2-9(7(3-8)6-18)10-4-12(16)13(17)5-11(10)15/h1-5H. The second kappa shape index (κ2) is 5.38. The van der Waals surface area contributed by atoms with Crippen LogP contribution in [-0.2, 0) is 0 Å². The fourth-order valence-corrected chi connectivity index (χ4v) is 2.39. The third-order valence-electron chi connectivity index (χ3n) is 2.40. The molecule has 0 aliphatic carbocycles. The first kappa shape index (κ1) is 13.5. The lowest BCUT2D eigenvalue weighted by atomic mass is 10.0. The molecule has 90 valence electrons. The lowest BCUT2D eigenvalue weighted by Crippen LogP contribution is -1.86. The summed E-state index contributed by atoms with van der Waals surface area (Å²) in [5.41, 5.74) is 1.76. The third-order valence-corrected chi connectivity index (χ3v) is 3.67. The second-order valence-electron chi connectivity index (χ2n) is 3.55. The van der Waals surface area contributed by atoms with Crippen LogP contribution in [0.1, 0.15) is 5.56 Å². The van der Waals surface area contributed by atoms with Crippen molar-refractivity contribution in [1.82, 2.24) is 0 Å². The number of nitriles is 1. The van der Waals surface area contributed by atoms with Crippen molar-refractivity contribution in [2.24, 2.45) is 0 Å². The van der Waals surface area contributed by atoms with E-state index in [0.717, 1.165) is 0 Å². The Morgan fingerprint density at radius 2 is 1.44 bits per heavy atom. The fourth-order valence-electron chi connectivity index (χ4n) is 1.57. The fraction of sp³-hybridized carbons (Fsp3) is 0. The Morgan fingerprint density at radius 3 is 2.11 bits per heavy atom. The highest BCUT2D eigenvalue weighted by Gasteiger charge is 2.12. The molecule has 1 nitrogen and oxygen atoms in total. The van der Waals surface area contributed by atoms with Crippen molar-refractivity contribution >= 4 is 46.4 Å². The van der Waals surface area contributed by atoms with Gasteiger partial charge in [0.25, 0.3) is 0 Å². The summed E-state index contributed by atoms with van der Waals surface area (Å²) in [6.07, 6.45) is 0. The van der Waals surface area contributed by atoms with Gasteiger partial charge in [-0.25, -0.2) is 0 Å². The molecule has 0 spiro atoms. The molecular formula is C13H5Cl4N. The van der Waals surface area contributed by atoms with Crippen molar-refractivity contribution in [2.75, 3.05) is 0 Å². The maximum atomic E-state index is 9.11. The van der Waals surface area contributed by atoms with E-state index >= 15 is 0 Å². The first-order chi connectivity index (χ1) is 8.52. The molecule has 0 radical (unpaired) electrons. The van der Waals surface area contributed by atoms with Crippen molar-refractivity contribution in [3.05, 3.63) is 56.0 Å². The molecule has 0 aliphatic heterocycles. The van der Waals surface area contributed by atoms with Gasteiger partial charge in [-0.2, -0.15) is 5.26 Å². The molecule has 0 saturated heterocycles. The molecule has 0 N–H and O–H groups in total. The summed E-state index contributed by atoms with van der Waals surface area (Å²) in [4.78, 5) is 0. The van der Waals surface area contributed by atoms with E-state index in [1.807, 2.05) is 0 Å². The maximum Gasteiger partial charge on any atom is 0.0998 e. The number of benzene rings is 2. The monoisotopic (exact) mass is 315 g/mol. The van der Waals surface area contributed by atoms with Crippen molar-refractivity contribution < 1.29 is 0 Å². The summed E-state index contributed by atoms with van der Waals surface area (Å²) < 4.78 is 0. The highest BCUT2D eigenvalue weighted by atomic mass is 35.5. The molecule has 0 unspecified atom stereocenters. The van der Waals surface area contributed by atoms with Gasteiger partial charge in [-0.1, -0.05) is 52.5 Å². The van der Waals surface area contributed by atoms with E-state index in [9.17, 15) is 0 Å². The lowest BCUT2D eigenvalue weighted by molar-refractivity contribution is 1.48. The van der Waals surface area contributed by atoms with Gasteiger partial charge in [0, 0.05) is 16.1 Å². The molecule has 0 amide bonds. The molecule has 2 rings (SSSR count). The van der Waals surface area contributed by atoms with Crippen molar-refractivity contribution in [1.29, 1.82) is 5.26 Å². The summed E-state index contributed by atoms with van der Waals surface area (Å²) in [5.74, 6) is 0. The quantitative estimate of drug-likeness (QED) is 0.606. The van der Waals surface area contributed by atoms with E-state index in [2.05, 4.69) is 6.07 Å². The predicted molar refractivity (Wildman–Crippen MR) is 76.6 cm³/mol. The molecule has 2 aromatic carbocycles. The Hall–Kier alpha value is -0.910. The van der Waals surface area contributed by atoms with E-state index in [1.165, 1.54) is 0 Å². The van der Waals surface area contributed by atoms with E-state index in [1.54, 1.807) is 30.3 Å². The Bertz CT molecular complexity index is 659. The molecule has 0 atom stereocenters. The zero-order valence-corrected chi connectivity index (χ0v) is 11.9. The maximum absolute atomic E-state index is 9.11. The minimum Gasteiger partial charge on any atom is -0.192 e. The Labute approximate surface area is 124 Å². The molecule has 0 aromatic heterocycles. The van der Waals surface area contributed by atoms with Gasteiger partial charge in [-0.3, -0.25) is 0 Å². The minimum atomic E-state index is 0.373. The third kappa shape index (κ3) is 2.58. The molecule has 0 saturated carbocycles. The zero-order valence-electron chi connectivity index (χ0n) is 8.85. The summed E-state index contributed by atoms with van der Waals surface area (Å²) in [7, 11) is 0. The smallest absolute Gasteiger partial charge is 0.0998 e. The predicted octanol–water partition coefficient (Wildman–Crippen LogP) is 5.84. The van der Waals surface area contributed by atoms with Gasteiger partial charge >= 0.3 is 0 Å². The van der Waals surface area contributed by atoms with Crippen LogP contribution >= 0.6 is 46.4 Å². The number of rotatable bonds is 1. The number of hydrogen-bond donors (Lipinski definition) is 0. The Balaban J connectivity index is 2.70. The first-order valence-corrected chi connectivity index (χ1v) is 6.38. The summed E-state index contributed by atoms with van der Waals surface area (Å²) in [6, 6.07) is 10.3. The van der Waals surface area contributed by atoms with Crippen LogP contribution in [0, 0.1) is 11.3 Å². The highest BCUT2D eigenvalue weighted by Crippen LogP contribution is 2.37. The van der Waals surface area contributed by atoms with Crippen LogP contribution in [0.2, 0.25) is 20.1 Å². The van der Waals surface area contributed by atoms with Gasteiger partial charge in [0.2, 0.25) is 0 Å². The number of halogens is 4. The van der Waals surface area contributed by atoms with E-state index in [0.29, 0.717) is 36.8 Å². The number of nitrogens with zero attached hydrogens (tertiary/aromatic N) is 1. The van der Waals surface area contributed by atoms with Crippen molar-refractivity contribution in [3.63, 3.8) is 0 Å². The molecule has 0 bridgehead atoms. The van der Waals surface area contributed by atoms with Gasteiger partial charge in [0.15, 0.2) is 0 Å². The van der Waals surface area contributed by atoms with Gasteiger partial charge < -0.3 is 0 Å². The summed E-state index contributed by atoms with van der Waals surface area (Å²) >= 11 is 23.8. The van der Waals surface area contributed by atoms with E-state index < -0.39 is 0 Å². The van der Waals surface area contributed by atoms with Gasteiger partial charge in [-0.05, 0) is 24.3 Å². The second-order valence-corrected chi connectivity index (χ2v) is 5.21. The van der Waals surface area contributed by atoms with Crippen LogP contribution < -0.4 is 0 Å². The molecule has 0 fully saturated rings. The Morgan fingerprint density at radius 1 is 0.778 bits per heavy atom. The molecular weight excluding hydrogens is 312 g/mol. The average Bonchev–Trinajstić information content (AvgIpc) is 2.34. The SMILES string of the molecule is N#Cc1cc(Cl)ccc1-c1cc(Cl)c(Cl)cc1Cl. The van der Waals surface area contributed by atoms with Gasteiger partial charge in [-0.15, -0.1) is 0 Å². The Kier molecular flexibility index (Phi) is 4.04. The number of hydrogen-bond acceptors (Lipinski definition) is 1. The molecule has 2 aromatic rings. The topological polar surface area (TPSA) is 23.8 Å². The van der Waals surface area contributed by atoms with Crippen LogP contribution in [0.25, 0.3) is 11.1 Å². The van der Waals surface area contributed by atoms with Crippen LogP contribution in [0.15, 0.2) is 30.3 Å². The van der Waals surface area contributed by atoms with Crippen LogP contribution in [0.3, 0.4) is 0 Å². The van der Waals surface area contributed by atoms with E-state index in [4.69, 9.17) is 51.7 Å². The van der Waals surface area contributed by atoms with Crippen LogP contribution in [-0.4, -0.2) is 0 Å². The molecule has 5 heteroatoms. The normalized spacial score (nSPS) is 10.2. The summed E-state index contributed by atoms with van der Waals surface area (Å²) in [6.45, 7) is 0. The van der Waals surface area contributed by atoms with Crippen molar-refractivity contribution in [3.8, 4) is 17.2 Å². The van der Waals surface area contributed by atoms with Gasteiger partial charge in [0.05, 0.1) is 26.7 Å².